The molecule has 0 saturated heterocycles. The average Bonchev–Trinajstić information content (AvgIpc) is 2.73. The number of methoxy groups -OCH3 is 1. The van der Waals surface area contributed by atoms with Gasteiger partial charge < -0.3 is 14.8 Å². The number of aromatic nitrogens is 1. The maximum atomic E-state index is 11.5. The lowest BCUT2D eigenvalue weighted by Crippen LogP contribution is -1.99. The minimum absolute atomic E-state index is 0.0890. The van der Waals surface area contributed by atoms with Gasteiger partial charge in [0.1, 0.15) is 0 Å². The number of hydrogen-bond donors (Lipinski definition) is 2. The smallest absolute Gasteiger partial charge is 0.340 e. The van der Waals surface area contributed by atoms with Crippen LogP contribution in [0.2, 0.25) is 0 Å². The quantitative estimate of drug-likeness (QED) is 0.769. The molecule has 1 aromatic carbocycles. The Morgan fingerprint density at radius 3 is 3.00 bits per heavy atom. The molecular weight excluding hydrogens is 206 g/mol. The molecule has 0 aliphatic rings. The van der Waals surface area contributed by atoms with Crippen molar-refractivity contribution in [3.05, 3.63) is 35.5 Å². The zero-order chi connectivity index (χ0) is 11.5. The lowest BCUT2D eigenvalue weighted by atomic mass is 10.1. The van der Waals surface area contributed by atoms with Gasteiger partial charge in [0, 0.05) is 23.7 Å². The van der Waals surface area contributed by atoms with Crippen LogP contribution in [0.1, 0.15) is 15.9 Å². The highest BCUT2D eigenvalue weighted by Crippen LogP contribution is 2.22. The Bertz CT molecular complexity index is 516. The summed E-state index contributed by atoms with van der Waals surface area (Å²) < 4.78 is 4.69. The number of ether oxygens (including phenoxy) is 1. The van der Waals surface area contributed by atoms with E-state index in [4.69, 9.17) is 9.84 Å². The van der Waals surface area contributed by atoms with E-state index in [9.17, 15) is 4.79 Å². The molecule has 0 aliphatic heterocycles. The average molecular weight is 219 g/mol. The molecule has 2 rings (SSSR count). The van der Waals surface area contributed by atoms with E-state index in [0.717, 1.165) is 16.5 Å². The number of para-hydroxylation sites is 1. The van der Waals surface area contributed by atoms with Gasteiger partial charge in [0.2, 0.25) is 0 Å². The maximum Gasteiger partial charge on any atom is 0.340 e. The van der Waals surface area contributed by atoms with E-state index >= 15 is 0 Å². The summed E-state index contributed by atoms with van der Waals surface area (Å²) >= 11 is 0. The third-order valence-corrected chi connectivity index (χ3v) is 2.59. The summed E-state index contributed by atoms with van der Waals surface area (Å²) in [6.45, 7) is 0.0890. The third kappa shape index (κ3) is 1.67. The van der Waals surface area contributed by atoms with Gasteiger partial charge in [0.15, 0.2) is 0 Å². The monoisotopic (exact) mass is 219 g/mol. The van der Waals surface area contributed by atoms with Gasteiger partial charge >= 0.3 is 5.97 Å². The molecule has 2 aromatic rings. The van der Waals surface area contributed by atoms with E-state index < -0.39 is 0 Å². The number of nitrogens with one attached hydrogen (secondary N) is 1. The van der Waals surface area contributed by atoms with Crippen molar-refractivity contribution in [3.63, 3.8) is 0 Å². The van der Waals surface area contributed by atoms with Crippen LogP contribution in [0.25, 0.3) is 10.9 Å². The molecule has 84 valence electrons. The summed E-state index contributed by atoms with van der Waals surface area (Å²) in [4.78, 5) is 14.5. The standard InChI is InChI=1S/C12H13NO3/c1-16-12(15)10-7-13-11-8(5-6-14)3-2-4-9(10)11/h2-4,7,13-14H,5-6H2,1H3. The van der Waals surface area contributed by atoms with Crippen molar-refractivity contribution in [1.82, 2.24) is 4.98 Å². The number of carbonyl (C=O) groups excluding carboxylic acids is 1. The number of benzene rings is 1. The second-order valence-corrected chi connectivity index (χ2v) is 3.51. The molecule has 0 radical (unpaired) electrons. The highest BCUT2D eigenvalue weighted by molar-refractivity contribution is 6.04. The van der Waals surface area contributed by atoms with Gasteiger partial charge in [-0.25, -0.2) is 4.79 Å². The summed E-state index contributed by atoms with van der Waals surface area (Å²) in [6, 6.07) is 5.66. The Morgan fingerprint density at radius 1 is 1.50 bits per heavy atom. The molecule has 4 nitrogen and oxygen atoms in total. The van der Waals surface area contributed by atoms with E-state index in [1.54, 1.807) is 6.20 Å². The molecule has 0 atom stereocenters. The molecular formula is C12H13NO3. The van der Waals surface area contributed by atoms with Gasteiger partial charge in [-0.15, -0.1) is 0 Å². The zero-order valence-electron chi connectivity index (χ0n) is 8.99. The summed E-state index contributed by atoms with van der Waals surface area (Å²) in [5, 5.41) is 9.77. The van der Waals surface area contributed by atoms with Crippen molar-refractivity contribution in [3.8, 4) is 0 Å². The van der Waals surface area contributed by atoms with E-state index in [2.05, 4.69) is 4.98 Å². The highest BCUT2D eigenvalue weighted by atomic mass is 16.5. The van der Waals surface area contributed by atoms with Crippen molar-refractivity contribution in [1.29, 1.82) is 0 Å². The molecule has 0 bridgehead atoms. The number of fused-ring (bicyclic) bond motifs is 1. The van der Waals surface area contributed by atoms with Crippen LogP contribution in [0.15, 0.2) is 24.4 Å². The summed E-state index contributed by atoms with van der Waals surface area (Å²) in [7, 11) is 1.36. The number of aliphatic hydroxyl groups is 1. The van der Waals surface area contributed by atoms with Crippen LogP contribution < -0.4 is 0 Å². The van der Waals surface area contributed by atoms with Crippen LogP contribution >= 0.6 is 0 Å². The SMILES string of the molecule is COC(=O)c1c[nH]c2c(CCO)cccc12. The summed E-state index contributed by atoms with van der Waals surface area (Å²) in [5.74, 6) is -0.354. The first-order valence-electron chi connectivity index (χ1n) is 5.06. The van der Waals surface area contributed by atoms with Gasteiger partial charge in [-0.1, -0.05) is 18.2 Å². The minimum Gasteiger partial charge on any atom is -0.465 e. The van der Waals surface area contributed by atoms with E-state index in [1.807, 2.05) is 18.2 Å². The van der Waals surface area contributed by atoms with Crippen molar-refractivity contribution in [2.75, 3.05) is 13.7 Å². The predicted molar refractivity (Wildman–Crippen MR) is 60.4 cm³/mol. The van der Waals surface area contributed by atoms with Crippen molar-refractivity contribution < 1.29 is 14.6 Å². The number of aliphatic hydroxyl groups excluding tert-OH is 1. The second kappa shape index (κ2) is 4.37. The van der Waals surface area contributed by atoms with Crippen LogP contribution in [-0.4, -0.2) is 29.8 Å². The largest absolute Gasteiger partial charge is 0.465 e. The first-order chi connectivity index (χ1) is 7.77. The molecule has 0 spiro atoms. The molecule has 4 heteroatoms. The number of rotatable bonds is 3. The third-order valence-electron chi connectivity index (χ3n) is 2.59. The van der Waals surface area contributed by atoms with Crippen LogP contribution in [0.5, 0.6) is 0 Å². The van der Waals surface area contributed by atoms with E-state index in [1.165, 1.54) is 7.11 Å². The summed E-state index contributed by atoms with van der Waals surface area (Å²) in [6.07, 6.45) is 2.20. The Hall–Kier alpha value is -1.81. The summed E-state index contributed by atoms with van der Waals surface area (Å²) in [5.41, 5.74) is 2.41. The number of esters is 1. The number of hydrogen-bond acceptors (Lipinski definition) is 3. The van der Waals surface area contributed by atoms with Crippen LogP contribution in [-0.2, 0) is 11.2 Å². The van der Waals surface area contributed by atoms with Crippen LogP contribution in [0, 0.1) is 0 Å². The first-order valence-corrected chi connectivity index (χ1v) is 5.06. The second-order valence-electron chi connectivity index (χ2n) is 3.51. The van der Waals surface area contributed by atoms with Crippen LogP contribution in [0.3, 0.4) is 0 Å². The Morgan fingerprint density at radius 2 is 2.31 bits per heavy atom. The molecule has 0 unspecified atom stereocenters. The fourth-order valence-corrected chi connectivity index (χ4v) is 1.82. The van der Waals surface area contributed by atoms with Crippen LogP contribution in [0.4, 0.5) is 0 Å². The highest BCUT2D eigenvalue weighted by Gasteiger charge is 2.13. The Kier molecular flexibility index (Phi) is 2.92. The number of carbonyl (C=O) groups is 1. The van der Waals surface area contributed by atoms with Gasteiger partial charge in [-0.2, -0.15) is 0 Å². The minimum atomic E-state index is -0.354. The molecule has 0 amide bonds. The Labute approximate surface area is 92.9 Å². The molecule has 2 N–H and O–H groups in total. The number of aromatic amines is 1. The Balaban J connectivity index is 2.56. The van der Waals surface area contributed by atoms with Crippen molar-refractivity contribution in [2.24, 2.45) is 0 Å². The van der Waals surface area contributed by atoms with E-state index in [-0.39, 0.29) is 12.6 Å². The lowest BCUT2D eigenvalue weighted by molar-refractivity contribution is 0.0603. The molecule has 0 fully saturated rings. The first kappa shape index (κ1) is 10.7. The maximum absolute atomic E-state index is 11.5. The van der Waals surface area contributed by atoms with Gasteiger partial charge in [-0.05, 0) is 12.0 Å². The van der Waals surface area contributed by atoms with Crippen molar-refractivity contribution >= 4 is 16.9 Å². The molecule has 0 aliphatic carbocycles. The number of H-pyrrole nitrogens is 1. The fraction of sp³-hybridized carbons (Fsp3) is 0.250. The molecule has 0 saturated carbocycles. The predicted octanol–water partition coefficient (Wildman–Crippen LogP) is 1.49. The fourth-order valence-electron chi connectivity index (χ4n) is 1.82. The van der Waals surface area contributed by atoms with Gasteiger partial charge in [-0.3, -0.25) is 0 Å². The lowest BCUT2D eigenvalue weighted by Gasteiger charge is -2.01. The topological polar surface area (TPSA) is 62.3 Å². The molecule has 1 aromatic heterocycles. The zero-order valence-corrected chi connectivity index (χ0v) is 8.99. The van der Waals surface area contributed by atoms with Gasteiger partial charge in [0.05, 0.1) is 12.7 Å². The molecule has 1 heterocycles. The van der Waals surface area contributed by atoms with E-state index in [0.29, 0.717) is 12.0 Å². The van der Waals surface area contributed by atoms with Gasteiger partial charge in [0.25, 0.3) is 0 Å². The normalized spacial score (nSPS) is 10.6. The molecule has 16 heavy (non-hydrogen) atoms. The van der Waals surface area contributed by atoms with Crippen molar-refractivity contribution in [2.45, 2.75) is 6.42 Å².